The third-order valence-corrected chi connectivity index (χ3v) is 2.94. The third-order valence-electron chi connectivity index (χ3n) is 2.94. The van der Waals surface area contributed by atoms with Crippen LogP contribution >= 0.6 is 0 Å². The monoisotopic (exact) mass is 265 g/mol. The van der Waals surface area contributed by atoms with Crippen molar-refractivity contribution < 1.29 is 9.84 Å². The predicted octanol–water partition coefficient (Wildman–Crippen LogP) is 2.39. The molecule has 0 aromatic heterocycles. The summed E-state index contributed by atoms with van der Waals surface area (Å²) in [5.74, 6) is 0. The Bertz CT molecular complexity index is 325. The third kappa shape index (κ3) is 7.98. The lowest BCUT2D eigenvalue weighted by molar-refractivity contribution is -0.0325. The molecule has 108 valence electrons. The summed E-state index contributed by atoms with van der Waals surface area (Å²) in [7, 11) is 0. The van der Waals surface area contributed by atoms with Gasteiger partial charge in [0.2, 0.25) is 0 Å². The first-order valence-electron chi connectivity index (χ1n) is 7.19. The maximum atomic E-state index is 10.1. The molecule has 0 saturated carbocycles. The number of nitrogens with one attached hydrogen (secondary N) is 1. The van der Waals surface area contributed by atoms with Gasteiger partial charge in [0.05, 0.1) is 12.2 Å². The fourth-order valence-electron chi connectivity index (χ4n) is 1.90. The van der Waals surface area contributed by atoms with E-state index in [-0.39, 0.29) is 0 Å². The van der Waals surface area contributed by atoms with Crippen LogP contribution < -0.4 is 5.32 Å². The Hall–Kier alpha value is -0.900. The molecule has 0 aliphatic carbocycles. The zero-order valence-corrected chi connectivity index (χ0v) is 12.2. The summed E-state index contributed by atoms with van der Waals surface area (Å²) < 4.78 is 5.56. The molecule has 1 atom stereocenters. The molecular weight excluding hydrogens is 238 g/mol. The van der Waals surface area contributed by atoms with Crippen molar-refractivity contribution in [1.82, 2.24) is 5.32 Å². The number of ether oxygens (including phenoxy) is 1. The van der Waals surface area contributed by atoms with Crippen molar-refractivity contribution in [2.45, 2.75) is 38.7 Å². The smallest absolute Gasteiger partial charge is 0.0975 e. The normalized spacial score (nSPS) is 14.3. The van der Waals surface area contributed by atoms with Crippen LogP contribution in [-0.4, -0.2) is 37.0 Å². The van der Waals surface area contributed by atoms with Gasteiger partial charge in [0, 0.05) is 13.2 Å². The van der Waals surface area contributed by atoms with E-state index < -0.39 is 5.60 Å². The average Bonchev–Trinajstić information content (AvgIpc) is 2.39. The quantitative estimate of drug-likeness (QED) is 0.638. The molecular formula is C16H27NO2. The number of hydrogen-bond donors (Lipinski definition) is 2. The van der Waals surface area contributed by atoms with Crippen LogP contribution in [-0.2, 0) is 11.2 Å². The van der Waals surface area contributed by atoms with Gasteiger partial charge in [-0.1, -0.05) is 37.3 Å². The number of aliphatic hydroxyl groups is 1. The Morgan fingerprint density at radius 3 is 2.68 bits per heavy atom. The summed E-state index contributed by atoms with van der Waals surface area (Å²) in [5, 5.41) is 13.3. The minimum atomic E-state index is -0.776. The van der Waals surface area contributed by atoms with Crippen LogP contribution in [0.5, 0.6) is 0 Å². The largest absolute Gasteiger partial charge is 0.386 e. The lowest BCUT2D eigenvalue weighted by atomic mass is 10.1. The molecule has 0 spiro atoms. The van der Waals surface area contributed by atoms with Gasteiger partial charge in [-0.2, -0.15) is 0 Å². The minimum absolute atomic E-state index is 0.387. The van der Waals surface area contributed by atoms with E-state index in [0.29, 0.717) is 19.8 Å². The van der Waals surface area contributed by atoms with Gasteiger partial charge in [-0.15, -0.1) is 0 Å². The van der Waals surface area contributed by atoms with Gasteiger partial charge >= 0.3 is 0 Å². The van der Waals surface area contributed by atoms with Crippen LogP contribution in [0, 0.1) is 0 Å². The van der Waals surface area contributed by atoms with Crippen molar-refractivity contribution >= 4 is 0 Å². The molecule has 0 aliphatic rings. The van der Waals surface area contributed by atoms with Gasteiger partial charge in [0.25, 0.3) is 0 Å². The predicted molar refractivity (Wildman–Crippen MR) is 79.4 cm³/mol. The highest BCUT2D eigenvalue weighted by Gasteiger charge is 2.19. The zero-order valence-electron chi connectivity index (χ0n) is 12.2. The Morgan fingerprint density at radius 2 is 2.00 bits per heavy atom. The summed E-state index contributed by atoms with van der Waals surface area (Å²) in [5.41, 5.74) is 0.560. The van der Waals surface area contributed by atoms with Crippen molar-refractivity contribution in [2.24, 2.45) is 0 Å². The van der Waals surface area contributed by atoms with E-state index in [1.165, 1.54) is 5.56 Å². The molecule has 1 aromatic rings. The SMILES string of the molecule is CCCNCC(C)(O)COCCCc1ccccc1. The van der Waals surface area contributed by atoms with Gasteiger partial charge in [-0.05, 0) is 38.3 Å². The Morgan fingerprint density at radius 1 is 1.26 bits per heavy atom. The number of hydrogen-bond acceptors (Lipinski definition) is 3. The van der Waals surface area contributed by atoms with Crippen molar-refractivity contribution in [2.75, 3.05) is 26.3 Å². The highest BCUT2D eigenvalue weighted by atomic mass is 16.5. The molecule has 1 rings (SSSR count). The van der Waals surface area contributed by atoms with E-state index in [1.807, 2.05) is 13.0 Å². The Kier molecular flexibility index (Phi) is 7.72. The van der Waals surface area contributed by atoms with Crippen molar-refractivity contribution in [3.05, 3.63) is 35.9 Å². The van der Waals surface area contributed by atoms with Crippen LogP contribution in [0.2, 0.25) is 0 Å². The summed E-state index contributed by atoms with van der Waals surface area (Å²) in [4.78, 5) is 0. The molecule has 19 heavy (non-hydrogen) atoms. The number of benzene rings is 1. The van der Waals surface area contributed by atoms with Crippen LogP contribution in [0.1, 0.15) is 32.3 Å². The highest BCUT2D eigenvalue weighted by molar-refractivity contribution is 5.14. The molecule has 0 bridgehead atoms. The lowest BCUT2D eigenvalue weighted by Crippen LogP contribution is -2.42. The fourth-order valence-corrected chi connectivity index (χ4v) is 1.90. The van der Waals surface area contributed by atoms with Crippen molar-refractivity contribution in [3.63, 3.8) is 0 Å². The van der Waals surface area contributed by atoms with E-state index in [1.54, 1.807) is 0 Å². The zero-order chi connectivity index (χ0) is 14.0. The second-order valence-corrected chi connectivity index (χ2v) is 5.32. The first-order chi connectivity index (χ1) is 9.14. The summed E-state index contributed by atoms with van der Waals surface area (Å²) >= 11 is 0. The van der Waals surface area contributed by atoms with E-state index in [0.717, 1.165) is 25.8 Å². The van der Waals surface area contributed by atoms with Crippen LogP contribution in [0.3, 0.4) is 0 Å². The number of aryl methyl sites for hydroxylation is 1. The number of rotatable bonds is 10. The molecule has 1 aromatic carbocycles. The van der Waals surface area contributed by atoms with E-state index >= 15 is 0 Å². The molecule has 0 saturated heterocycles. The van der Waals surface area contributed by atoms with Crippen LogP contribution in [0.15, 0.2) is 30.3 Å². The first kappa shape index (κ1) is 16.2. The summed E-state index contributed by atoms with van der Waals surface area (Å²) in [6.45, 7) is 6.52. The molecule has 0 aliphatic heterocycles. The Balaban J connectivity index is 2.06. The molecule has 0 amide bonds. The van der Waals surface area contributed by atoms with Crippen LogP contribution in [0.25, 0.3) is 0 Å². The Labute approximate surface area is 117 Å². The van der Waals surface area contributed by atoms with E-state index in [4.69, 9.17) is 4.74 Å². The van der Waals surface area contributed by atoms with Gasteiger partial charge in [-0.25, -0.2) is 0 Å². The van der Waals surface area contributed by atoms with E-state index in [2.05, 4.69) is 36.5 Å². The van der Waals surface area contributed by atoms with E-state index in [9.17, 15) is 5.11 Å². The highest BCUT2D eigenvalue weighted by Crippen LogP contribution is 2.05. The fraction of sp³-hybridized carbons (Fsp3) is 0.625. The summed E-state index contributed by atoms with van der Waals surface area (Å²) in [6.07, 6.45) is 3.09. The molecule has 2 N–H and O–H groups in total. The molecule has 0 heterocycles. The van der Waals surface area contributed by atoms with Gasteiger partial charge in [0.15, 0.2) is 0 Å². The summed E-state index contributed by atoms with van der Waals surface area (Å²) in [6, 6.07) is 10.4. The molecule has 0 fully saturated rings. The second-order valence-electron chi connectivity index (χ2n) is 5.32. The van der Waals surface area contributed by atoms with Gasteiger partial charge in [-0.3, -0.25) is 0 Å². The van der Waals surface area contributed by atoms with Crippen molar-refractivity contribution in [1.29, 1.82) is 0 Å². The molecule has 3 heteroatoms. The second kappa shape index (κ2) is 9.08. The maximum Gasteiger partial charge on any atom is 0.0975 e. The van der Waals surface area contributed by atoms with Gasteiger partial charge in [0.1, 0.15) is 0 Å². The molecule has 0 radical (unpaired) electrons. The average molecular weight is 265 g/mol. The first-order valence-corrected chi connectivity index (χ1v) is 7.19. The molecule has 1 unspecified atom stereocenters. The molecule has 3 nitrogen and oxygen atoms in total. The van der Waals surface area contributed by atoms with Gasteiger partial charge < -0.3 is 15.2 Å². The standard InChI is InChI=1S/C16H27NO2/c1-3-11-17-13-16(2,18)14-19-12-7-10-15-8-5-4-6-9-15/h4-6,8-9,17-18H,3,7,10-14H2,1-2H3. The topological polar surface area (TPSA) is 41.5 Å². The maximum absolute atomic E-state index is 10.1. The van der Waals surface area contributed by atoms with Crippen LogP contribution in [0.4, 0.5) is 0 Å². The van der Waals surface area contributed by atoms with Crippen molar-refractivity contribution in [3.8, 4) is 0 Å². The lowest BCUT2D eigenvalue weighted by Gasteiger charge is -2.23. The minimum Gasteiger partial charge on any atom is -0.386 e.